The number of hydrogen-bond donors (Lipinski definition) is 1. The number of piperazine rings is 1. The Morgan fingerprint density at radius 2 is 1.92 bits per heavy atom. The van der Waals surface area contributed by atoms with Crippen molar-refractivity contribution in [3.8, 4) is 17.3 Å². The normalized spacial score (nSPS) is 15.6. The molecule has 10 heteroatoms. The van der Waals surface area contributed by atoms with Gasteiger partial charge in [0.2, 0.25) is 5.01 Å². The average Bonchev–Trinajstić information content (AvgIpc) is 3.02. The number of nitrogens with one attached hydrogen (secondary N) is 1. The zero-order chi connectivity index (χ0) is 17.2. The molecule has 0 atom stereocenters. The highest BCUT2D eigenvalue weighted by molar-refractivity contribution is 7.16. The van der Waals surface area contributed by atoms with Gasteiger partial charge >= 0.3 is 12.2 Å². The lowest BCUT2D eigenvalue weighted by Gasteiger charge is -2.28. The molecule has 0 amide bonds. The number of aromatic nitrogens is 3. The SMILES string of the molecule is CCOc1ncc(-c2nc(C(F)(F)F)sc2N2CCNCC2)cn1. The van der Waals surface area contributed by atoms with Crippen molar-refractivity contribution < 1.29 is 17.9 Å². The molecule has 0 spiro atoms. The zero-order valence-corrected chi connectivity index (χ0v) is 13.7. The Balaban J connectivity index is 1.99. The largest absolute Gasteiger partial charge is 0.464 e. The van der Waals surface area contributed by atoms with Gasteiger partial charge in [0.05, 0.1) is 6.61 Å². The molecule has 0 aromatic carbocycles. The van der Waals surface area contributed by atoms with E-state index in [1.54, 1.807) is 6.92 Å². The zero-order valence-electron chi connectivity index (χ0n) is 12.9. The van der Waals surface area contributed by atoms with Crippen LogP contribution in [0.1, 0.15) is 11.9 Å². The van der Waals surface area contributed by atoms with E-state index in [4.69, 9.17) is 4.74 Å². The maximum atomic E-state index is 13.1. The number of alkyl halides is 3. The van der Waals surface area contributed by atoms with E-state index in [0.717, 1.165) is 13.1 Å². The molecule has 0 aliphatic carbocycles. The summed E-state index contributed by atoms with van der Waals surface area (Å²) >= 11 is 0.657. The van der Waals surface area contributed by atoms with Crippen LogP contribution in [0.3, 0.4) is 0 Å². The van der Waals surface area contributed by atoms with Crippen molar-refractivity contribution >= 4 is 16.3 Å². The molecule has 3 heterocycles. The van der Waals surface area contributed by atoms with Crippen LogP contribution in [-0.4, -0.2) is 47.7 Å². The first-order valence-electron chi connectivity index (χ1n) is 7.48. The van der Waals surface area contributed by atoms with Crippen LogP contribution in [0.15, 0.2) is 12.4 Å². The maximum absolute atomic E-state index is 13.1. The van der Waals surface area contributed by atoms with Gasteiger partial charge in [-0.05, 0) is 6.92 Å². The fraction of sp³-hybridized carbons (Fsp3) is 0.500. The third-order valence-electron chi connectivity index (χ3n) is 3.43. The smallest absolute Gasteiger partial charge is 0.443 e. The van der Waals surface area contributed by atoms with E-state index in [0.29, 0.717) is 41.6 Å². The Bertz CT molecular complexity index is 683. The summed E-state index contributed by atoms with van der Waals surface area (Å²) in [4.78, 5) is 13.8. The summed E-state index contributed by atoms with van der Waals surface area (Å²) in [6.45, 7) is 4.92. The quantitative estimate of drug-likeness (QED) is 0.905. The van der Waals surface area contributed by atoms with Crippen molar-refractivity contribution in [2.24, 2.45) is 0 Å². The highest BCUT2D eigenvalue weighted by atomic mass is 32.1. The Kier molecular flexibility index (Phi) is 4.86. The minimum Gasteiger partial charge on any atom is -0.464 e. The molecule has 2 aromatic rings. The second kappa shape index (κ2) is 6.89. The Labute approximate surface area is 140 Å². The van der Waals surface area contributed by atoms with Gasteiger partial charge in [0.1, 0.15) is 10.7 Å². The van der Waals surface area contributed by atoms with Crippen LogP contribution in [0.2, 0.25) is 0 Å². The first-order chi connectivity index (χ1) is 11.5. The van der Waals surface area contributed by atoms with Crippen LogP contribution >= 0.6 is 11.3 Å². The summed E-state index contributed by atoms with van der Waals surface area (Å²) in [5.74, 6) is 0. The summed E-state index contributed by atoms with van der Waals surface area (Å²) < 4.78 is 44.4. The molecule has 1 saturated heterocycles. The van der Waals surface area contributed by atoms with Crippen LogP contribution in [0.25, 0.3) is 11.3 Å². The second-order valence-corrected chi connectivity index (χ2v) is 6.07. The topological polar surface area (TPSA) is 63.2 Å². The molecule has 1 fully saturated rings. The standard InChI is InChI=1S/C14H16F3N5OS/c1-2-23-13-19-7-9(8-20-13)10-11(22-5-3-18-4-6-22)24-12(21-10)14(15,16)17/h7-8,18H,2-6H2,1H3. The average molecular weight is 359 g/mol. The minimum atomic E-state index is -4.47. The molecular formula is C14H16F3N5OS. The number of rotatable bonds is 4. The van der Waals surface area contributed by atoms with Gasteiger partial charge in [0.15, 0.2) is 0 Å². The van der Waals surface area contributed by atoms with Gasteiger partial charge in [-0.15, -0.1) is 0 Å². The third-order valence-corrected chi connectivity index (χ3v) is 4.59. The molecule has 24 heavy (non-hydrogen) atoms. The fourth-order valence-corrected chi connectivity index (χ4v) is 3.35. The lowest BCUT2D eigenvalue weighted by molar-refractivity contribution is -0.137. The summed E-state index contributed by atoms with van der Waals surface area (Å²) in [6, 6.07) is 0.191. The first-order valence-corrected chi connectivity index (χ1v) is 8.29. The van der Waals surface area contributed by atoms with E-state index in [1.165, 1.54) is 12.4 Å². The number of hydrogen-bond acceptors (Lipinski definition) is 7. The Morgan fingerprint density at radius 3 is 2.50 bits per heavy atom. The molecule has 1 aliphatic heterocycles. The van der Waals surface area contributed by atoms with E-state index in [1.807, 2.05) is 4.90 Å². The highest BCUT2D eigenvalue weighted by Crippen LogP contribution is 2.42. The van der Waals surface area contributed by atoms with Gasteiger partial charge in [-0.1, -0.05) is 11.3 Å². The highest BCUT2D eigenvalue weighted by Gasteiger charge is 2.37. The summed E-state index contributed by atoms with van der Waals surface area (Å²) in [5.41, 5.74) is 0.705. The first kappa shape index (κ1) is 16.9. The van der Waals surface area contributed by atoms with E-state index >= 15 is 0 Å². The number of ether oxygens (including phenoxy) is 1. The van der Waals surface area contributed by atoms with Gasteiger partial charge in [0.25, 0.3) is 0 Å². The summed E-state index contributed by atoms with van der Waals surface area (Å²) in [5, 5.41) is 2.82. The number of nitrogens with zero attached hydrogens (tertiary/aromatic N) is 4. The minimum absolute atomic E-state index is 0.191. The van der Waals surface area contributed by atoms with Gasteiger partial charge in [-0.2, -0.15) is 13.2 Å². The van der Waals surface area contributed by atoms with E-state index in [9.17, 15) is 13.2 Å². The fourth-order valence-electron chi connectivity index (χ4n) is 2.35. The number of anilines is 1. The predicted octanol–water partition coefficient (Wildman–Crippen LogP) is 2.43. The van der Waals surface area contributed by atoms with Gasteiger partial charge in [-0.25, -0.2) is 15.0 Å². The molecule has 3 rings (SSSR count). The van der Waals surface area contributed by atoms with E-state index in [-0.39, 0.29) is 11.7 Å². The maximum Gasteiger partial charge on any atom is 0.443 e. The molecule has 0 saturated carbocycles. The van der Waals surface area contributed by atoms with Crippen molar-refractivity contribution in [2.45, 2.75) is 13.1 Å². The Morgan fingerprint density at radius 1 is 1.25 bits per heavy atom. The van der Waals surface area contributed by atoms with Crippen LogP contribution in [0.5, 0.6) is 6.01 Å². The van der Waals surface area contributed by atoms with Crippen LogP contribution in [0, 0.1) is 0 Å². The predicted molar refractivity (Wildman–Crippen MR) is 84.4 cm³/mol. The Hall–Kier alpha value is -1.94. The van der Waals surface area contributed by atoms with E-state index < -0.39 is 11.2 Å². The molecule has 1 N–H and O–H groups in total. The van der Waals surface area contributed by atoms with Crippen molar-refractivity contribution in [2.75, 3.05) is 37.7 Å². The van der Waals surface area contributed by atoms with Crippen LogP contribution in [0.4, 0.5) is 18.2 Å². The number of thiazole rings is 1. The van der Waals surface area contributed by atoms with Gasteiger partial charge < -0.3 is 15.0 Å². The molecule has 130 valence electrons. The van der Waals surface area contributed by atoms with Crippen molar-refractivity contribution in [1.29, 1.82) is 0 Å². The summed E-state index contributed by atoms with van der Waals surface area (Å²) in [7, 11) is 0. The lowest BCUT2D eigenvalue weighted by Crippen LogP contribution is -2.43. The van der Waals surface area contributed by atoms with Gasteiger partial charge in [-0.3, -0.25) is 0 Å². The van der Waals surface area contributed by atoms with Crippen LogP contribution < -0.4 is 15.0 Å². The molecule has 6 nitrogen and oxygen atoms in total. The molecule has 0 unspecified atom stereocenters. The van der Waals surface area contributed by atoms with Gasteiger partial charge in [0, 0.05) is 44.1 Å². The molecular weight excluding hydrogens is 343 g/mol. The van der Waals surface area contributed by atoms with Crippen molar-refractivity contribution in [3.63, 3.8) is 0 Å². The summed E-state index contributed by atoms with van der Waals surface area (Å²) in [6.07, 6.45) is -1.59. The molecule has 2 aromatic heterocycles. The second-order valence-electron chi connectivity index (χ2n) is 5.09. The molecule has 0 bridgehead atoms. The molecule has 1 aliphatic rings. The van der Waals surface area contributed by atoms with Crippen molar-refractivity contribution in [3.05, 3.63) is 17.4 Å². The van der Waals surface area contributed by atoms with E-state index in [2.05, 4.69) is 20.3 Å². The third kappa shape index (κ3) is 3.59. The van der Waals surface area contributed by atoms with Crippen molar-refractivity contribution in [1.82, 2.24) is 20.3 Å². The lowest BCUT2D eigenvalue weighted by atomic mass is 10.2. The van der Waals surface area contributed by atoms with Crippen LogP contribution in [-0.2, 0) is 6.18 Å². The number of halogens is 3. The monoisotopic (exact) mass is 359 g/mol. The molecule has 0 radical (unpaired) electrons.